The maximum Gasteiger partial charge on any atom is 0.256 e. The number of ether oxygens (including phenoxy) is 2. The summed E-state index contributed by atoms with van der Waals surface area (Å²) in [6.45, 7) is 14.0. The Bertz CT molecular complexity index is 3080. The number of hydrogen-bond acceptors (Lipinski definition) is 2. The number of para-hydroxylation sites is 2. The highest BCUT2D eigenvalue weighted by atomic mass is 16.5. The van der Waals surface area contributed by atoms with Crippen LogP contribution in [0.1, 0.15) is 52.7 Å². The molecule has 13 rings (SSSR count). The minimum Gasteiger partial charge on any atom is -0.458 e. The van der Waals surface area contributed by atoms with Crippen molar-refractivity contribution >= 4 is 89.8 Å². The van der Waals surface area contributed by atoms with Crippen molar-refractivity contribution in [3.05, 3.63) is 132 Å². The van der Waals surface area contributed by atoms with Gasteiger partial charge in [-0.15, -0.1) is 0 Å². The molecule has 0 radical (unpaired) electrons. The van der Waals surface area contributed by atoms with Crippen LogP contribution in [0.4, 0.5) is 0 Å². The summed E-state index contributed by atoms with van der Waals surface area (Å²) in [5.74, 6) is 3.80. The lowest BCUT2D eigenvalue weighted by molar-refractivity contribution is 0.487. The van der Waals surface area contributed by atoms with Gasteiger partial charge in [0.1, 0.15) is 23.0 Å². The largest absolute Gasteiger partial charge is 0.458 e. The third kappa shape index (κ3) is 3.73. The van der Waals surface area contributed by atoms with Crippen LogP contribution in [0.2, 0.25) is 0 Å². The minimum atomic E-state index is 0.00984. The van der Waals surface area contributed by atoms with E-state index in [0.29, 0.717) is 0 Å². The molecule has 0 spiro atoms. The number of hydrogen-bond donors (Lipinski definition) is 0. The zero-order chi connectivity index (χ0) is 37.6. The van der Waals surface area contributed by atoms with Gasteiger partial charge in [-0.1, -0.05) is 102 Å². The molecule has 2 aromatic heterocycles. The highest BCUT2D eigenvalue weighted by Crippen LogP contribution is 2.44. The summed E-state index contributed by atoms with van der Waals surface area (Å²) in [6, 6.07) is 45.6. The normalized spacial score (nSPS) is 14.5. The highest BCUT2D eigenvalue weighted by molar-refractivity contribution is 7.00. The molecule has 4 aliphatic heterocycles. The van der Waals surface area contributed by atoms with Crippen molar-refractivity contribution in [3.63, 3.8) is 0 Å². The van der Waals surface area contributed by atoms with Gasteiger partial charge in [0, 0.05) is 32.9 Å². The van der Waals surface area contributed by atoms with Gasteiger partial charge in [0.15, 0.2) is 0 Å². The minimum absolute atomic E-state index is 0.00984. The van der Waals surface area contributed by atoms with Crippen LogP contribution in [0.3, 0.4) is 0 Å². The number of nitrogens with zero attached hydrogens (tertiary/aromatic N) is 2. The molecule has 0 aliphatic carbocycles. The quantitative estimate of drug-likeness (QED) is 0.148. The van der Waals surface area contributed by atoms with Crippen LogP contribution in [-0.2, 0) is 10.8 Å². The molecule has 0 amide bonds. The molecule has 0 unspecified atom stereocenters. The summed E-state index contributed by atoms with van der Waals surface area (Å²) < 4.78 is 18.6. The summed E-state index contributed by atoms with van der Waals surface area (Å²) >= 11 is 0. The molecule has 0 saturated carbocycles. The highest BCUT2D eigenvalue weighted by Gasteiger charge is 2.43. The maximum atomic E-state index is 6.74. The molecule has 6 heteroatoms. The van der Waals surface area contributed by atoms with Gasteiger partial charge >= 0.3 is 0 Å². The van der Waals surface area contributed by atoms with Crippen LogP contribution in [0.25, 0.3) is 55.0 Å². The van der Waals surface area contributed by atoms with Crippen LogP contribution < -0.4 is 42.3 Å². The summed E-state index contributed by atoms with van der Waals surface area (Å²) in [4.78, 5) is 0. The van der Waals surface area contributed by atoms with E-state index in [1.807, 2.05) is 0 Å². The number of aromatic nitrogens is 2. The van der Waals surface area contributed by atoms with Crippen LogP contribution >= 0.6 is 0 Å². The molecule has 0 atom stereocenters. The first-order valence-corrected chi connectivity index (χ1v) is 20.0. The zero-order valence-corrected chi connectivity index (χ0v) is 32.4. The molecule has 0 bridgehead atoms. The standard InChI is InChI=1S/C50H38B2N2O2/c1-49(2,3)27-15-19-37-35(23-27)51-33-11-7-9-13-41(33)55-43-21-17-29-31-25-32-30-18-22-44-46-48(30)54(40(32)26-39(31)53(37)47(29)45(43)51)38-20-16-28(50(4,5)6)24-36(38)52(46)34-12-8-10-14-42(34)56-44/h7-26H,1-6H3. The molecular formula is C50H38B2N2O2. The van der Waals surface area contributed by atoms with E-state index in [1.54, 1.807) is 0 Å². The lowest BCUT2D eigenvalue weighted by Gasteiger charge is -2.34. The Morgan fingerprint density at radius 2 is 0.857 bits per heavy atom. The lowest BCUT2D eigenvalue weighted by Crippen LogP contribution is -2.58. The fourth-order valence-corrected chi connectivity index (χ4v) is 10.7. The Morgan fingerprint density at radius 3 is 1.30 bits per heavy atom. The summed E-state index contributed by atoms with van der Waals surface area (Å²) in [5, 5.41) is 5.05. The van der Waals surface area contributed by atoms with E-state index in [4.69, 9.17) is 9.47 Å². The smallest absolute Gasteiger partial charge is 0.256 e. The molecule has 0 N–H and O–H groups in total. The average molecular weight is 720 g/mol. The van der Waals surface area contributed by atoms with Gasteiger partial charge in [-0.2, -0.15) is 0 Å². The Kier molecular flexibility index (Phi) is 5.55. The summed E-state index contributed by atoms with van der Waals surface area (Å²) in [5.41, 5.74) is 17.8. The fourth-order valence-electron chi connectivity index (χ4n) is 10.7. The van der Waals surface area contributed by atoms with Crippen molar-refractivity contribution in [2.24, 2.45) is 0 Å². The second-order valence-electron chi connectivity index (χ2n) is 18.5. The molecule has 4 aliphatic rings. The zero-order valence-electron chi connectivity index (χ0n) is 32.4. The molecule has 266 valence electrons. The van der Waals surface area contributed by atoms with Crippen LogP contribution in [0, 0.1) is 0 Å². The molecule has 0 saturated heterocycles. The summed E-state index contributed by atoms with van der Waals surface area (Å²) in [7, 11) is 0. The van der Waals surface area contributed by atoms with E-state index in [9.17, 15) is 0 Å². The Hall–Kier alpha value is -6.13. The molecule has 6 heterocycles. The van der Waals surface area contributed by atoms with Crippen molar-refractivity contribution in [1.82, 2.24) is 9.13 Å². The first kappa shape index (κ1) is 31.1. The Morgan fingerprint density at radius 1 is 0.411 bits per heavy atom. The van der Waals surface area contributed by atoms with E-state index in [-0.39, 0.29) is 24.3 Å². The van der Waals surface area contributed by atoms with Gasteiger partial charge < -0.3 is 18.6 Å². The molecule has 4 nitrogen and oxygen atoms in total. The van der Waals surface area contributed by atoms with Crippen LogP contribution in [-0.4, -0.2) is 22.6 Å². The van der Waals surface area contributed by atoms with E-state index in [1.165, 1.54) is 98.9 Å². The van der Waals surface area contributed by atoms with E-state index < -0.39 is 0 Å². The van der Waals surface area contributed by atoms with E-state index in [2.05, 4.69) is 172 Å². The van der Waals surface area contributed by atoms with Crippen molar-refractivity contribution in [2.45, 2.75) is 52.4 Å². The first-order chi connectivity index (χ1) is 27.0. The second kappa shape index (κ2) is 9.99. The maximum absolute atomic E-state index is 6.74. The molecule has 56 heavy (non-hydrogen) atoms. The predicted molar refractivity (Wildman–Crippen MR) is 235 cm³/mol. The van der Waals surface area contributed by atoms with Gasteiger partial charge in [-0.05, 0) is 115 Å². The second-order valence-corrected chi connectivity index (χ2v) is 18.5. The van der Waals surface area contributed by atoms with Gasteiger partial charge in [0.25, 0.3) is 13.4 Å². The van der Waals surface area contributed by atoms with Gasteiger partial charge in [-0.25, -0.2) is 0 Å². The lowest BCUT2D eigenvalue weighted by atomic mass is 9.34. The monoisotopic (exact) mass is 720 g/mol. The topological polar surface area (TPSA) is 28.3 Å². The van der Waals surface area contributed by atoms with Gasteiger partial charge in [0.05, 0.1) is 22.1 Å². The SMILES string of the molecule is CC(C)(C)c1ccc2c(c1)B1c3ccccc3Oc3ccc4c5cc6c7ccc8c9c7n(c6cc5n-2c4c31)-c1ccc(C(C)(C)C)cc1B9c1ccccc1O8. The van der Waals surface area contributed by atoms with Crippen molar-refractivity contribution < 1.29 is 9.47 Å². The molecule has 0 fully saturated rings. The number of rotatable bonds is 0. The van der Waals surface area contributed by atoms with Crippen molar-refractivity contribution in [2.75, 3.05) is 0 Å². The third-order valence-electron chi connectivity index (χ3n) is 13.3. The molecule has 7 aromatic carbocycles. The van der Waals surface area contributed by atoms with Gasteiger partial charge in [-0.3, -0.25) is 0 Å². The van der Waals surface area contributed by atoms with E-state index >= 15 is 0 Å². The summed E-state index contributed by atoms with van der Waals surface area (Å²) in [6.07, 6.45) is 0. The number of fused-ring (bicyclic) bond motifs is 16. The van der Waals surface area contributed by atoms with Crippen LogP contribution in [0.5, 0.6) is 23.0 Å². The van der Waals surface area contributed by atoms with E-state index in [0.717, 1.165) is 23.0 Å². The Labute approximate surface area is 326 Å². The first-order valence-electron chi connectivity index (χ1n) is 20.0. The Balaban J connectivity index is 1.18. The van der Waals surface area contributed by atoms with Crippen LogP contribution in [0.15, 0.2) is 121 Å². The average Bonchev–Trinajstić information content (AvgIpc) is 3.70. The van der Waals surface area contributed by atoms with Crippen molar-refractivity contribution in [3.8, 4) is 34.4 Å². The van der Waals surface area contributed by atoms with Crippen molar-refractivity contribution in [1.29, 1.82) is 0 Å². The predicted octanol–water partition coefficient (Wildman–Crippen LogP) is 8.35. The molecule has 9 aromatic rings. The molecular weight excluding hydrogens is 682 g/mol. The number of benzene rings is 7. The van der Waals surface area contributed by atoms with Gasteiger partial charge in [0.2, 0.25) is 0 Å². The third-order valence-corrected chi connectivity index (χ3v) is 13.3. The fraction of sp³-hybridized carbons (Fsp3) is 0.160.